The van der Waals surface area contributed by atoms with Crippen LogP contribution in [0.2, 0.25) is 0 Å². The minimum absolute atomic E-state index is 0.658. The number of hydrogen-bond acceptors (Lipinski definition) is 3. The minimum Gasteiger partial charge on any atom is -0.208 e. The smallest absolute Gasteiger partial charge is 0.164 e. The van der Waals surface area contributed by atoms with E-state index in [2.05, 4.69) is 146 Å². The first-order valence-electron chi connectivity index (χ1n) is 14.1. The van der Waals surface area contributed by atoms with Gasteiger partial charge in [-0.15, -0.1) is 0 Å². The van der Waals surface area contributed by atoms with Crippen molar-refractivity contribution in [2.45, 2.75) is 0 Å². The van der Waals surface area contributed by atoms with Gasteiger partial charge in [-0.1, -0.05) is 127 Å². The SMILES string of the molecule is c1ccc(-c2ccc3cc(-c4nc(-c5ccc6ccccc6c5)nc(-c5ccc6ccccc6c5)n4)ccc3c2)cc1. The number of fused-ring (bicyclic) bond motifs is 3. The van der Waals surface area contributed by atoms with Crippen LogP contribution in [0.25, 0.3) is 77.6 Å². The number of nitrogens with zero attached hydrogens (tertiary/aromatic N) is 3. The van der Waals surface area contributed by atoms with Gasteiger partial charge in [-0.05, 0) is 67.7 Å². The summed E-state index contributed by atoms with van der Waals surface area (Å²) in [6.45, 7) is 0. The Labute approximate surface area is 243 Å². The van der Waals surface area contributed by atoms with Gasteiger partial charge in [-0.2, -0.15) is 0 Å². The van der Waals surface area contributed by atoms with E-state index < -0.39 is 0 Å². The average Bonchev–Trinajstić information content (AvgIpc) is 3.07. The van der Waals surface area contributed by atoms with Gasteiger partial charge < -0.3 is 0 Å². The molecule has 0 N–H and O–H groups in total. The van der Waals surface area contributed by atoms with Crippen molar-refractivity contribution in [3.05, 3.63) is 152 Å². The largest absolute Gasteiger partial charge is 0.208 e. The summed E-state index contributed by atoms with van der Waals surface area (Å²) < 4.78 is 0. The van der Waals surface area contributed by atoms with Crippen molar-refractivity contribution in [3.8, 4) is 45.3 Å². The van der Waals surface area contributed by atoms with Gasteiger partial charge in [-0.25, -0.2) is 15.0 Å². The van der Waals surface area contributed by atoms with E-state index in [0.29, 0.717) is 17.5 Å². The predicted molar refractivity (Wildman–Crippen MR) is 174 cm³/mol. The number of rotatable bonds is 4. The number of benzene rings is 7. The lowest BCUT2D eigenvalue weighted by Gasteiger charge is -2.11. The van der Waals surface area contributed by atoms with Crippen molar-refractivity contribution < 1.29 is 0 Å². The molecule has 1 aromatic heterocycles. The standard InChI is InChI=1S/C39H25N3/c1-2-8-26(9-3-1)31-16-17-33-25-36(21-18-32(33)22-31)39-41-37(34-19-14-27-10-4-6-12-29(27)23-34)40-38(42-39)35-20-15-28-11-5-7-13-30(28)24-35/h1-25H. The molecule has 8 rings (SSSR count). The molecule has 0 aliphatic carbocycles. The van der Waals surface area contributed by atoms with Crippen LogP contribution in [0.15, 0.2) is 152 Å². The lowest BCUT2D eigenvalue weighted by Crippen LogP contribution is -2.00. The van der Waals surface area contributed by atoms with Crippen LogP contribution in [0.1, 0.15) is 0 Å². The zero-order valence-corrected chi connectivity index (χ0v) is 22.8. The van der Waals surface area contributed by atoms with Crippen LogP contribution in [0.3, 0.4) is 0 Å². The summed E-state index contributed by atoms with van der Waals surface area (Å²) in [6, 6.07) is 53.0. The maximum absolute atomic E-state index is 5.02. The highest BCUT2D eigenvalue weighted by Crippen LogP contribution is 2.31. The Morgan fingerprint density at radius 2 is 0.571 bits per heavy atom. The molecule has 8 aromatic rings. The first-order chi connectivity index (χ1) is 20.8. The fourth-order valence-corrected chi connectivity index (χ4v) is 5.62. The maximum atomic E-state index is 5.02. The Bertz CT molecular complexity index is 2160. The summed E-state index contributed by atoms with van der Waals surface area (Å²) in [6.07, 6.45) is 0. The quantitative estimate of drug-likeness (QED) is 0.225. The second-order valence-corrected chi connectivity index (χ2v) is 10.6. The van der Waals surface area contributed by atoms with Crippen molar-refractivity contribution >= 4 is 32.3 Å². The van der Waals surface area contributed by atoms with Gasteiger partial charge in [-0.3, -0.25) is 0 Å². The molecule has 0 atom stereocenters. The Morgan fingerprint density at radius 1 is 0.238 bits per heavy atom. The van der Waals surface area contributed by atoms with Gasteiger partial charge in [0.15, 0.2) is 17.5 Å². The molecule has 0 saturated carbocycles. The van der Waals surface area contributed by atoms with Crippen molar-refractivity contribution in [1.29, 1.82) is 0 Å². The molecule has 0 aliphatic rings. The summed E-state index contributed by atoms with van der Waals surface area (Å²) >= 11 is 0. The summed E-state index contributed by atoms with van der Waals surface area (Å²) in [5.41, 5.74) is 5.30. The normalized spacial score (nSPS) is 11.3. The van der Waals surface area contributed by atoms with Crippen LogP contribution >= 0.6 is 0 Å². The first kappa shape index (κ1) is 24.2. The van der Waals surface area contributed by atoms with Crippen LogP contribution in [0, 0.1) is 0 Å². The maximum Gasteiger partial charge on any atom is 0.164 e. The Kier molecular flexibility index (Phi) is 5.79. The minimum atomic E-state index is 0.658. The monoisotopic (exact) mass is 535 g/mol. The zero-order chi connectivity index (χ0) is 27.9. The van der Waals surface area contributed by atoms with E-state index in [9.17, 15) is 0 Å². The van der Waals surface area contributed by atoms with Gasteiger partial charge in [0.05, 0.1) is 0 Å². The third-order valence-electron chi connectivity index (χ3n) is 7.86. The molecule has 0 aliphatic heterocycles. The fourth-order valence-electron chi connectivity index (χ4n) is 5.62. The Hall–Kier alpha value is -5.67. The molecule has 3 nitrogen and oxygen atoms in total. The van der Waals surface area contributed by atoms with Gasteiger partial charge in [0.25, 0.3) is 0 Å². The van der Waals surface area contributed by atoms with E-state index in [0.717, 1.165) is 32.8 Å². The van der Waals surface area contributed by atoms with Crippen LogP contribution in [-0.2, 0) is 0 Å². The lowest BCUT2D eigenvalue weighted by molar-refractivity contribution is 1.08. The van der Waals surface area contributed by atoms with Crippen LogP contribution in [-0.4, -0.2) is 15.0 Å². The van der Waals surface area contributed by atoms with E-state index in [1.807, 2.05) is 6.07 Å². The molecule has 0 spiro atoms. The Morgan fingerprint density at radius 3 is 1.05 bits per heavy atom. The third-order valence-corrected chi connectivity index (χ3v) is 7.86. The van der Waals surface area contributed by atoms with Crippen molar-refractivity contribution in [1.82, 2.24) is 15.0 Å². The van der Waals surface area contributed by atoms with E-state index in [4.69, 9.17) is 15.0 Å². The summed E-state index contributed by atoms with van der Waals surface area (Å²) in [5.74, 6) is 1.98. The predicted octanol–water partition coefficient (Wildman–Crippen LogP) is 10.00. The van der Waals surface area contributed by atoms with Crippen LogP contribution in [0.4, 0.5) is 0 Å². The molecule has 1 heterocycles. The molecule has 0 unspecified atom stereocenters. The number of hydrogen-bond donors (Lipinski definition) is 0. The summed E-state index contributed by atoms with van der Waals surface area (Å²) in [7, 11) is 0. The van der Waals surface area contributed by atoms with Crippen LogP contribution < -0.4 is 0 Å². The highest BCUT2D eigenvalue weighted by molar-refractivity contribution is 5.91. The summed E-state index contributed by atoms with van der Waals surface area (Å²) in [5, 5.41) is 7.02. The molecule has 3 heteroatoms. The van der Waals surface area contributed by atoms with Crippen LogP contribution in [0.5, 0.6) is 0 Å². The van der Waals surface area contributed by atoms with E-state index in [1.165, 1.54) is 27.3 Å². The molecule has 0 bridgehead atoms. The van der Waals surface area contributed by atoms with Crippen molar-refractivity contribution in [2.75, 3.05) is 0 Å². The fraction of sp³-hybridized carbons (Fsp3) is 0. The van der Waals surface area contributed by atoms with Crippen molar-refractivity contribution in [2.24, 2.45) is 0 Å². The van der Waals surface area contributed by atoms with Crippen molar-refractivity contribution in [3.63, 3.8) is 0 Å². The van der Waals surface area contributed by atoms with Gasteiger partial charge >= 0.3 is 0 Å². The highest BCUT2D eigenvalue weighted by atomic mass is 15.0. The Balaban J connectivity index is 1.28. The lowest BCUT2D eigenvalue weighted by atomic mass is 10.00. The van der Waals surface area contributed by atoms with Gasteiger partial charge in [0.2, 0.25) is 0 Å². The molecule has 42 heavy (non-hydrogen) atoms. The van der Waals surface area contributed by atoms with E-state index >= 15 is 0 Å². The molecule has 196 valence electrons. The molecule has 0 saturated heterocycles. The molecule has 7 aromatic carbocycles. The molecule has 0 amide bonds. The summed E-state index contributed by atoms with van der Waals surface area (Å²) in [4.78, 5) is 15.0. The number of aromatic nitrogens is 3. The van der Waals surface area contributed by atoms with Gasteiger partial charge in [0.1, 0.15) is 0 Å². The van der Waals surface area contributed by atoms with Gasteiger partial charge in [0, 0.05) is 16.7 Å². The average molecular weight is 536 g/mol. The third kappa shape index (κ3) is 4.47. The molecule has 0 fully saturated rings. The zero-order valence-electron chi connectivity index (χ0n) is 22.8. The van der Waals surface area contributed by atoms with E-state index in [1.54, 1.807) is 0 Å². The van der Waals surface area contributed by atoms with E-state index in [-0.39, 0.29) is 0 Å². The molecular weight excluding hydrogens is 510 g/mol. The topological polar surface area (TPSA) is 38.7 Å². The second kappa shape index (κ2) is 10.1. The first-order valence-corrected chi connectivity index (χ1v) is 14.1. The molecular formula is C39H25N3. The second-order valence-electron chi connectivity index (χ2n) is 10.6. The highest BCUT2D eigenvalue weighted by Gasteiger charge is 2.14. The molecule has 0 radical (unpaired) electrons.